The molecule has 0 aliphatic rings. The molecule has 6 aromatic carbocycles. The molecule has 0 bridgehead atoms. The molecule has 6 aromatic rings. The summed E-state index contributed by atoms with van der Waals surface area (Å²) in [5.41, 5.74) is 0. The van der Waals surface area contributed by atoms with Crippen molar-refractivity contribution in [2.24, 2.45) is 0 Å². The molecule has 0 saturated heterocycles. The molecule has 0 saturated carbocycles. The molecule has 43 heavy (non-hydrogen) atoms. The zero-order chi connectivity index (χ0) is 29.4. The standard InChI is InChI=1S/3C13H13P.Ru.3H/c3*1-14(12-8-4-2-5-9-12)13-10-6-3-7-11-13;;;;/h3*2-11H,1H3;;;;. The van der Waals surface area contributed by atoms with Crippen molar-refractivity contribution in [3.8, 4) is 0 Å². The predicted molar refractivity (Wildman–Crippen MR) is 199 cm³/mol. The van der Waals surface area contributed by atoms with Gasteiger partial charge in [-0.15, -0.1) is 0 Å². The molecule has 0 heterocycles. The Kier molecular flexibility index (Phi) is 15.7. The second-order valence-electron chi connectivity index (χ2n) is 9.69. The van der Waals surface area contributed by atoms with Crippen LogP contribution in [0.5, 0.6) is 0 Å². The van der Waals surface area contributed by atoms with Gasteiger partial charge in [0.05, 0.1) is 0 Å². The SMILES string of the molecule is CP(c1ccccc1)c1ccccc1.CP(c1ccccc1)c1ccccc1.CP(c1ccccc1)c1ccccc1.[RuH3]. The Morgan fingerprint density at radius 2 is 0.349 bits per heavy atom. The van der Waals surface area contributed by atoms with Crippen LogP contribution in [-0.4, -0.2) is 20.0 Å². The third kappa shape index (κ3) is 11.3. The van der Waals surface area contributed by atoms with Crippen molar-refractivity contribution in [3.05, 3.63) is 182 Å². The zero-order valence-electron chi connectivity index (χ0n) is 25.1. The van der Waals surface area contributed by atoms with E-state index in [0.29, 0.717) is 0 Å². The van der Waals surface area contributed by atoms with Gasteiger partial charge in [0.2, 0.25) is 0 Å². The average molecular weight is 705 g/mol. The van der Waals surface area contributed by atoms with Gasteiger partial charge >= 0.3 is 19.5 Å². The zero-order valence-corrected chi connectivity index (χ0v) is 30.0. The average Bonchev–Trinajstić information content (AvgIpc) is 3.10. The van der Waals surface area contributed by atoms with Crippen LogP contribution in [-0.2, 0) is 19.5 Å². The summed E-state index contributed by atoms with van der Waals surface area (Å²) in [6, 6.07) is 64.2. The fraction of sp³-hybridized carbons (Fsp3) is 0.0769. The van der Waals surface area contributed by atoms with Crippen molar-refractivity contribution in [3.63, 3.8) is 0 Å². The molecule has 6 rings (SSSR count). The molecule has 0 fully saturated rings. The summed E-state index contributed by atoms with van der Waals surface area (Å²) < 4.78 is 0. The van der Waals surface area contributed by atoms with Crippen molar-refractivity contribution >= 4 is 55.6 Å². The summed E-state index contributed by atoms with van der Waals surface area (Å²) in [6.07, 6.45) is 0. The van der Waals surface area contributed by atoms with Crippen LogP contribution in [0.15, 0.2) is 182 Å². The Morgan fingerprint density at radius 3 is 0.465 bits per heavy atom. The van der Waals surface area contributed by atoms with Crippen molar-refractivity contribution in [2.45, 2.75) is 0 Å². The Morgan fingerprint density at radius 1 is 0.233 bits per heavy atom. The normalized spacial score (nSPS) is 10.2. The van der Waals surface area contributed by atoms with E-state index in [9.17, 15) is 0 Å². The molecule has 0 nitrogen and oxygen atoms in total. The van der Waals surface area contributed by atoms with Gasteiger partial charge in [0.15, 0.2) is 0 Å². The van der Waals surface area contributed by atoms with E-state index in [1.54, 1.807) is 0 Å². The maximum absolute atomic E-state index is 2.31. The van der Waals surface area contributed by atoms with Crippen LogP contribution in [0.3, 0.4) is 0 Å². The summed E-state index contributed by atoms with van der Waals surface area (Å²) in [7, 11) is -0.512. The summed E-state index contributed by atoms with van der Waals surface area (Å²) in [6.45, 7) is 6.92. The Bertz CT molecular complexity index is 1220. The Balaban J connectivity index is 0.000000175. The topological polar surface area (TPSA) is 0 Å². The minimum absolute atomic E-state index is 0. The van der Waals surface area contributed by atoms with Crippen LogP contribution in [0.4, 0.5) is 0 Å². The number of rotatable bonds is 6. The van der Waals surface area contributed by atoms with Gasteiger partial charge < -0.3 is 0 Å². The molecule has 221 valence electrons. The van der Waals surface area contributed by atoms with E-state index in [-0.39, 0.29) is 43.2 Å². The van der Waals surface area contributed by atoms with Crippen molar-refractivity contribution in [2.75, 3.05) is 20.0 Å². The van der Waals surface area contributed by atoms with Crippen LogP contribution in [0, 0.1) is 0 Å². The van der Waals surface area contributed by atoms with Gasteiger partial charge in [-0.25, -0.2) is 0 Å². The second-order valence-corrected chi connectivity index (χ2v) is 16.1. The summed E-state index contributed by atoms with van der Waals surface area (Å²) in [5.74, 6) is 0. The van der Waals surface area contributed by atoms with Crippen LogP contribution in [0.25, 0.3) is 0 Å². The summed E-state index contributed by atoms with van der Waals surface area (Å²) in [5, 5.41) is 8.63. The molecule has 4 heteroatoms. The molecule has 0 unspecified atom stereocenters. The van der Waals surface area contributed by atoms with Gasteiger partial charge in [-0.05, 0) is 75.6 Å². The van der Waals surface area contributed by atoms with E-state index in [1.165, 1.54) is 31.8 Å². The minimum atomic E-state index is -0.171. The predicted octanol–water partition coefficient (Wildman–Crippen LogP) is 7.44. The van der Waals surface area contributed by atoms with Gasteiger partial charge in [0, 0.05) is 0 Å². The van der Waals surface area contributed by atoms with Crippen LogP contribution in [0.1, 0.15) is 0 Å². The van der Waals surface area contributed by atoms with Gasteiger partial charge in [-0.1, -0.05) is 182 Å². The fourth-order valence-electron chi connectivity index (χ4n) is 4.36. The fourth-order valence-corrected chi connectivity index (χ4v) is 8.97. The van der Waals surface area contributed by atoms with E-state index in [1.807, 2.05) is 0 Å². The van der Waals surface area contributed by atoms with Crippen molar-refractivity contribution in [1.29, 1.82) is 0 Å². The van der Waals surface area contributed by atoms with Gasteiger partial charge in [0.1, 0.15) is 0 Å². The molecule has 0 spiro atoms. The van der Waals surface area contributed by atoms with Crippen LogP contribution >= 0.6 is 23.8 Å². The summed E-state index contributed by atoms with van der Waals surface area (Å²) >= 11 is 0. The molecule has 0 aliphatic heterocycles. The van der Waals surface area contributed by atoms with Gasteiger partial charge in [-0.3, -0.25) is 0 Å². The third-order valence-corrected chi connectivity index (χ3v) is 13.3. The van der Waals surface area contributed by atoms with Crippen molar-refractivity contribution in [1.82, 2.24) is 0 Å². The first-order chi connectivity index (χ1) is 20.6. The molecule has 0 amide bonds. The number of benzene rings is 6. The van der Waals surface area contributed by atoms with Crippen LogP contribution in [0.2, 0.25) is 0 Å². The molecule has 0 radical (unpaired) electrons. The third-order valence-electron chi connectivity index (χ3n) is 6.86. The first-order valence-corrected chi connectivity index (χ1v) is 19.5. The monoisotopic (exact) mass is 705 g/mol. The van der Waals surface area contributed by atoms with E-state index in [4.69, 9.17) is 0 Å². The van der Waals surface area contributed by atoms with E-state index >= 15 is 0 Å². The van der Waals surface area contributed by atoms with Gasteiger partial charge in [0.25, 0.3) is 0 Å². The molecular formula is C39H42P3Ru. The molecule has 0 aromatic heterocycles. The number of hydrogen-bond acceptors (Lipinski definition) is 0. The molecular weight excluding hydrogens is 662 g/mol. The quantitative estimate of drug-likeness (QED) is 0.125. The second kappa shape index (κ2) is 19.5. The molecule has 0 aliphatic carbocycles. The number of hydrogen-bond donors (Lipinski definition) is 0. The maximum atomic E-state index is 2.31. The van der Waals surface area contributed by atoms with Crippen molar-refractivity contribution < 1.29 is 19.5 Å². The Hall–Kier alpha value is -2.77. The van der Waals surface area contributed by atoms with E-state index in [2.05, 4.69) is 202 Å². The molecule has 0 N–H and O–H groups in total. The Labute approximate surface area is 275 Å². The van der Waals surface area contributed by atoms with Gasteiger partial charge in [-0.2, -0.15) is 0 Å². The summed E-state index contributed by atoms with van der Waals surface area (Å²) in [4.78, 5) is 0. The first-order valence-electron chi connectivity index (χ1n) is 14.1. The van der Waals surface area contributed by atoms with Crippen LogP contribution < -0.4 is 31.8 Å². The molecule has 0 atom stereocenters. The van der Waals surface area contributed by atoms with E-state index < -0.39 is 0 Å². The first kappa shape index (κ1) is 34.7. The van der Waals surface area contributed by atoms with E-state index in [0.717, 1.165) is 0 Å².